The fourth-order valence-electron chi connectivity index (χ4n) is 4.92. The van der Waals surface area contributed by atoms with Crippen LogP contribution in [0.5, 0.6) is 11.5 Å². The Kier molecular flexibility index (Phi) is 11.9. The molecule has 16 heteroatoms. The van der Waals surface area contributed by atoms with Crippen LogP contribution >= 0.6 is 7.92 Å². The maximum atomic E-state index is 14.0. The molecule has 0 unspecified atom stereocenters. The SMILES string of the molecule is COc1ccc(OC)c(P(c2cc(C(F)(F)F)cc(C(F)(F)F)c2)c2cc(C(F)(F)F)cc(C(F)(F)F)c2)c1-c1[c-]cc(C)cc1C.[Pr]. The van der Waals surface area contributed by atoms with Gasteiger partial charge in [0.2, 0.25) is 0 Å². The van der Waals surface area contributed by atoms with Crippen LogP contribution < -0.4 is 25.4 Å². The number of aryl methyl sites for hydroxylation is 2. The summed E-state index contributed by atoms with van der Waals surface area (Å²) in [5.74, 6) is -0.306. The van der Waals surface area contributed by atoms with Gasteiger partial charge in [0.05, 0.1) is 42.2 Å². The number of benzene rings is 4. The Morgan fingerprint density at radius 2 is 0.938 bits per heavy atom. The van der Waals surface area contributed by atoms with E-state index in [0.29, 0.717) is 11.1 Å². The van der Waals surface area contributed by atoms with Crippen LogP contribution in [0.15, 0.2) is 60.7 Å². The Morgan fingerprint density at radius 1 is 0.562 bits per heavy atom. The molecule has 0 spiro atoms. The van der Waals surface area contributed by atoms with Crippen LogP contribution in [0, 0.1) is 61.2 Å². The van der Waals surface area contributed by atoms with Crippen molar-refractivity contribution in [1.29, 1.82) is 0 Å². The monoisotopic (exact) mass is 838 g/mol. The van der Waals surface area contributed by atoms with E-state index in [4.69, 9.17) is 9.47 Å². The molecule has 0 aliphatic carbocycles. The summed E-state index contributed by atoms with van der Waals surface area (Å²) in [6.45, 7) is 3.29. The van der Waals surface area contributed by atoms with Crippen LogP contribution in [0.4, 0.5) is 52.7 Å². The molecule has 0 fully saturated rings. The number of hydrogen-bond donors (Lipinski definition) is 0. The Balaban J connectivity index is 0.00000625. The minimum atomic E-state index is -5.38. The number of rotatable bonds is 6. The van der Waals surface area contributed by atoms with Crippen molar-refractivity contribution in [2.45, 2.75) is 38.6 Å². The summed E-state index contributed by atoms with van der Waals surface area (Å²) in [6.07, 6.45) is -21.5. The topological polar surface area (TPSA) is 18.5 Å². The van der Waals surface area contributed by atoms with E-state index < -0.39 is 65.5 Å². The van der Waals surface area contributed by atoms with Gasteiger partial charge >= 0.3 is 24.7 Å². The first-order valence-corrected chi connectivity index (χ1v) is 14.5. The van der Waals surface area contributed by atoms with Crippen molar-refractivity contribution in [3.8, 4) is 22.6 Å². The molecule has 2 nitrogen and oxygen atoms in total. The fourth-order valence-corrected chi connectivity index (χ4v) is 7.64. The second kappa shape index (κ2) is 14.3. The van der Waals surface area contributed by atoms with Gasteiger partial charge in [-0.15, -0.1) is 34.9 Å². The molecule has 1 radical (unpaired) electrons. The molecule has 255 valence electrons. The molecule has 4 rings (SSSR count). The van der Waals surface area contributed by atoms with E-state index in [2.05, 4.69) is 6.07 Å². The van der Waals surface area contributed by atoms with Gasteiger partial charge in [-0.05, 0) is 77.9 Å². The Hall–Kier alpha value is -2.57. The zero-order valence-electron chi connectivity index (χ0n) is 25.2. The van der Waals surface area contributed by atoms with Gasteiger partial charge in [-0.2, -0.15) is 52.7 Å². The molecule has 0 bridgehead atoms. The largest absolute Gasteiger partial charge is 0.506 e. The summed E-state index contributed by atoms with van der Waals surface area (Å²) in [5, 5.41) is -2.01. The van der Waals surface area contributed by atoms with Crippen molar-refractivity contribution in [3.05, 3.63) is 100 Å². The normalized spacial score (nSPS) is 12.6. The molecular formula is C32H22F12O2PPr-. The summed E-state index contributed by atoms with van der Waals surface area (Å²) in [6, 6.07) is 9.36. The molecule has 48 heavy (non-hydrogen) atoms. The minimum Gasteiger partial charge on any atom is -0.506 e. The van der Waals surface area contributed by atoms with Gasteiger partial charge in [0.15, 0.2) is 0 Å². The average Bonchev–Trinajstić information content (AvgIpc) is 2.95. The number of alkyl halides is 12. The zero-order chi connectivity index (χ0) is 35.3. The summed E-state index contributed by atoms with van der Waals surface area (Å²) in [7, 11) is -0.880. The number of ether oxygens (including phenoxy) is 2. The van der Waals surface area contributed by atoms with Crippen molar-refractivity contribution in [2.75, 3.05) is 14.2 Å². The third-order valence-corrected chi connectivity index (χ3v) is 9.40. The summed E-state index contributed by atoms with van der Waals surface area (Å²) in [4.78, 5) is 0. The zero-order valence-corrected chi connectivity index (χ0v) is 29.7. The molecular weight excluding hydrogens is 816 g/mol. The van der Waals surface area contributed by atoms with E-state index in [0.717, 1.165) is 7.11 Å². The van der Waals surface area contributed by atoms with Gasteiger partial charge < -0.3 is 9.47 Å². The van der Waals surface area contributed by atoms with Crippen LogP contribution in [0.1, 0.15) is 33.4 Å². The molecule has 4 aromatic rings. The van der Waals surface area contributed by atoms with Gasteiger partial charge in [-0.25, -0.2) is 0 Å². The van der Waals surface area contributed by atoms with Crippen LogP contribution in [-0.4, -0.2) is 14.2 Å². The molecule has 0 aromatic heterocycles. The minimum absolute atomic E-state index is 0. The van der Waals surface area contributed by atoms with Gasteiger partial charge in [0.1, 0.15) is 5.75 Å². The van der Waals surface area contributed by atoms with Gasteiger partial charge in [0, 0.05) is 41.3 Å². The molecule has 0 N–H and O–H groups in total. The Morgan fingerprint density at radius 3 is 1.27 bits per heavy atom. The quantitative estimate of drug-likeness (QED) is 0.110. The van der Waals surface area contributed by atoms with Crippen molar-refractivity contribution in [2.24, 2.45) is 0 Å². The summed E-state index contributed by atoms with van der Waals surface area (Å²) < 4.78 is 179. The first-order valence-electron chi connectivity index (χ1n) is 13.2. The van der Waals surface area contributed by atoms with E-state index in [1.807, 2.05) is 0 Å². The number of methoxy groups -OCH3 is 2. The average molecular weight is 838 g/mol. The van der Waals surface area contributed by atoms with Crippen molar-refractivity contribution < 1.29 is 103 Å². The first-order chi connectivity index (χ1) is 21.6. The predicted molar refractivity (Wildman–Crippen MR) is 152 cm³/mol. The van der Waals surface area contributed by atoms with E-state index in [-0.39, 0.29) is 106 Å². The third kappa shape index (κ3) is 8.59. The molecule has 0 aliphatic heterocycles. The van der Waals surface area contributed by atoms with Gasteiger partial charge in [0.25, 0.3) is 0 Å². The van der Waals surface area contributed by atoms with Crippen LogP contribution in [0.25, 0.3) is 11.1 Å². The van der Waals surface area contributed by atoms with Crippen LogP contribution in [0.3, 0.4) is 0 Å². The summed E-state index contributed by atoms with van der Waals surface area (Å²) >= 11 is 0. The van der Waals surface area contributed by atoms with Crippen LogP contribution in [-0.2, 0) is 24.7 Å². The maximum Gasteiger partial charge on any atom is 0.416 e. The number of hydrogen-bond acceptors (Lipinski definition) is 2. The second-order valence-corrected chi connectivity index (χ2v) is 12.4. The molecule has 0 saturated heterocycles. The molecule has 0 aliphatic rings. The van der Waals surface area contributed by atoms with E-state index >= 15 is 0 Å². The molecule has 0 saturated carbocycles. The maximum absolute atomic E-state index is 14.0. The summed E-state index contributed by atoms with van der Waals surface area (Å²) in [5.41, 5.74) is -6.03. The second-order valence-electron chi connectivity index (χ2n) is 10.3. The molecule has 0 heterocycles. The van der Waals surface area contributed by atoms with Gasteiger partial charge in [-0.3, -0.25) is 0 Å². The van der Waals surface area contributed by atoms with E-state index in [1.165, 1.54) is 25.3 Å². The number of halogens is 12. The van der Waals surface area contributed by atoms with Crippen molar-refractivity contribution in [1.82, 2.24) is 0 Å². The first kappa shape index (κ1) is 39.9. The smallest absolute Gasteiger partial charge is 0.416 e. The molecule has 0 amide bonds. The predicted octanol–water partition coefficient (Wildman–Crippen LogP) is 9.62. The van der Waals surface area contributed by atoms with E-state index in [1.54, 1.807) is 19.9 Å². The van der Waals surface area contributed by atoms with Crippen molar-refractivity contribution >= 4 is 23.8 Å². The molecule has 4 aromatic carbocycles. The Bertz CT molecular complexity index is 1650. The van der Waals surface area contributed by atoms with Gasteiger partial charge in [-0.1, -0.05) is 13.8 Å². The molecule has 0 atom stereocenters. The van der Waals surface area contributed by atoms with E-state index in [9.17, 15) is 52.7 Å². The Labute approximate surface area is 301 Å². The van der Waals surface area contributed by atoms with Crippen molar-refractivity contribution in [3.63, 3.8) is 0 Å². The standard InChI is InChI=1S/C32H22F12O2P.Pr/c1-16-5-6-24(17(2)9-16)27-25(45-3)7-8-26(46-4)28(27)47(22-12-18(29(33,34)35)10-19(13-22)30(36,37)38)23-14-20(31(39,40)41)11-21(15-23)32(42,43)44;/h5,7-15H,1-4H3;/q-1;. The van der Waals surface area contributed by atoms with Crippen LogP contribution in [0.2, 0.25) is 0 Å². The fraction of sp³-hybridized carbons (Fsp3) is 0.250. The third-order valence-electron chi connectivity index (χ3n) is 6.96.